The fraction of sp³-hybridized carbons (Fsp3) is 0.154. The lowest BCUT2D eigenvalue weighted by atomic mass is 10.3. The predicted molar refractivity (Wildman–Crippen MR) is 81.4 cm³/mol. The third kappa shape index (κ3) is 3.34. The smallest absolute Gasteiger partial charge is 0.338 e. The molecule has 0 aliphatic heterocycles. The van der Waals surface area contributed by atoms with Crippen LogP contribution < -0.4 is 10.1 Å². The molecule has 0 bridgehead atoms. The fourth-order valence-corrected chi connectivity index (χ4v) is 2.88. The number of hydrogen-bond acceptors (Lipinski definition) is 4. The zero-order valence-electron chi connectivity index (χ0n) is 10.4. The van der Waals surface area contributed by atoms with Crippen molar-refractivity contribution in [3.8, 4) is 5.75 Å². The Morgan fingerprint density at radius 1 is 1.35 bits per heavy atom. The van der Waals surface area contributed by atoms with Gasteiger partial charge in [0.2, 0.25) is 0 Å². The molecule has 0 atom stereocenters. The number of carboxylic acid groups (broad SMARTS) is 1. The Labute approximate surface area is 132 Å². The second-order valence-corrected chi connectivity index (χ2v) is 5.64. The first kappa shape index (κ1) is 14.9. The summed E-state index contributed by atoms with van der Waals surface area (Å²) in [5.74, 6) is 0.226. The number of carboxylic acids is 1. The number of carbonyl (C=O) groups is 1. The summed E-state index contributed by atoms with van der Waals surface area (Å²) in [5, 5.41) is 12.0. The minimum atomic E-state index is -1.01. The van der Waals surface area contributed by atoms with Crippen LogP contribution in [-0.4, -0.2) is 18.2 Å². The Kier molecular flexibility index (Phi) is 4.72. The summed E-state index contributed by atoms with van der Waals surface area (Å²) in [4.78, 5) is 10.8. The van der Waals surface area contributed by atoms with Gasteiger partial charge in [0.1, 0.15) is 17.8 Å². The van der Waals surface area contributed by atoms with Gasteiger partial charge in [-0.05, 0) is 44.0 Å². The van der Waals surface area contributed by atoms with Gasteiger partial charge in [-0.2, -0.15) is 0 Å². The first-order chi connectivity index (χ1) is 9.51. The number of furan rings is 1. The van der Waals surface area contributed by atoms with E-state index in [1.165, 1.54) is 12.3 Å². The quantitative estimate of drug-likeness (QED) is 0.784. The van der Waals surface area contributed by atoms with Crippen molar-refractivity contribution in [1.82, 2.24) is 0 Å². The lowest BCUT2D eigenvalue weighted by Gasteiger charge is -2.10. The van der Waals surface area contributed by atoms with Crippen LogP contribution in [-0.2, 0) is 6.54 Å². The van der Waals surface area contributed by atoms with Crippen LogP contribution in [0.4, 0.5) is 5.69 Å². The van der Waals surface area contributed by atoms with E-state index >= 15 is 0 Å². The molecule has 1 aromatic heterocycles. The molecular weight excluding hydrogens is 394 g/mol. The van der Waals surface area contributed by atoms with Crippen molar-refractivity contribution >= 4 is 43.5 Å². The maximum Gasteiger partial charge on any atom is 0.338 e. The summed E-state index contributed by atoms with van der Waals surface area (Å²) in [6.45, 7) is 0.372. The van der Waals surface area contributed by atoms with Gasteiger partial charge in [0.25, 0.3) is 0 Å². The topological polar surface area (TPSA) is 71.7 Å². The van der Waals surface area contributed by atoms with E-state index in [0.29, 0.717) is 18.1 Å². The van der Waals surface area contributed by atoms with Crippen molar-refractivity contribution in [3.05, 3.63) is 44.7 Å². The molecule has 0 amide bonds. The largest absolute Gasteiger partial charge is 0.495 e. The molecule has 7 heteroatoms. The average Bonchev–Trinajstić information content (AvgIpc) is 2.87. The summed E-state index contributed by atoms with van der Waals surface area (Å²) in [6, 6.07) is 5.18. The molecule has 0 aliphatic carbocycles. The molecule has 0 fully saturated rings. The van der Waals surface area contributed by atoms with Crippen LogP contribution in [0.3, 0.4) is 0 Å². The van der Waals surface area contributed by atoms with E-state index < -0.39 is 5.97 Å². The third-order valence-corrected chi connectivity index (χ3v) is 3.87. The van der Waals surface area contributed by atoms with Crippen molar-refractivity contribution in [2.45, 2.75) is 6.54 Å². The molecule has 0 spiro atoms. The molecule has 0 unspecified atom stereocenters. The van der Waals surface area contributed by atoms with Crippen LogP contribution in [0.15, 0.2) is 37.8 Å². The first-order valence-electron chi connectivity index (χ1n) is 5.59. The number of aromatic carboxylic acids is 1. The molecule has 2 rings (SSSR count). The lowest BCUT2D eigenvalue weighted by Crippen LogP contribution is -2.00. The minimum absolute atomic E-state index is 0.134. The Hall–Kier alpha value is -1.47. The number of methoxy groups -OCH3 is 1. The van der Waals surface area contributed by atoms with Crippen LogP contribution in [0.25, 0.3) is 0 Å². The van der Waals surface area contributed by atoms with Crippen molar-refractivity contribution < 1.29 is 19.1 Å². The third-order valence-electron chi connectivity index (χ3n) is 2.60. The summed E-state index contributed by atoms with van der Waals surface area (Å²) >= 11 is 6.83. The maximum atomic E-state index is 10.8. The van der Waals surface area contributed by atoms with Crippen LogP contribution >= 0.6 is 31.9 Å². The fourth-order valence-electron chi connectivity index (χ4n) is 1.59. The normalized spacial score (nSPS) is 10.3. The highest BCUT2D eigenvalue weighted by Gasteiger charge is 2.10. The molecule has 1 heterocycles. The van der Waals surface area contributed by atoms with E-state index in [1.54, 1.807) is 7.11 Å². The first-order valence-corrected chi connectivity index (χ1v) is 7.17. The van der Waals surface area contributed by atoms with Crippen LogP contribution in [0.2, 0.25) is 0 Å². The van der Waals surface area contributed by atoms with Gasteiger partial charge in [0.15, 0.2) is 0 Å². The van der Waals surface area contributed by atoms with Crippen molar-refractivity contribution in [3.63, 3.8) is 0 Å². The van der Waals surface area contributed by atoms with Crippen molar-refractivity contribution in [1.29, 1.82) is 0 Å². The highest BCUT2D eigenvalue weighted by Crippen LogP contribution is 2.34. The summed E-state index contributed by atoms with van der Waals surface area (Å²) in [6.07, 6.45) is 1.22. The molecule has 5 nitrogen and oxygen atoms in total. The number of anilines is 1. The summed E-state index contributed by atoms with van der Waals surface area (Å²) in [5.41, 5.74) is 0.951. The monoisotopic (exact) mass is 403 g/mol. The minimum Gasteiger partial charge on any atom is -0.495 e. The standard InChI is InChI=1S/C13H11Br2NO4/c1-19-12-4-11(9(14)3-10(12)15)16-5-8-2-7(6-20-8)13(17)18/h2-4,6,16H,5H2,1H3,(H,17,18). The summed E-state index contributed by atoms with van der Waals surface area (Å²) in [7, 11) is 1.59. The van der Waals surface area contributed by atoms with Gasteiger partial charge in [-0.1, -0.05) is 0 Å². The van der Waals surface area contributed by atoms with E-state index in [-0.39, 0.29) is 5.56 Å². The number of nitrogens with one attached hydrogen (secondary N) is 1. The molecule has 106 valence electrons. The average molecular weight is 405 g/mol. The maximum absolute atomic E-state index is 10.8. The van der Waals surface area contributed by atoms with E-state index in [2.05, 4.69) is 37.2 Å². The molecule has 0 radical (unpaired) electrons. The van der Waals surface area contributed by atoms with Gasteiger partial charge in [-0.25, -0.2) is 4.79 Å². The second kappa shape index (κ2) is 6.32. The Morgan fingerprint density at radius 2 is 2.10 bits per heavy atom. The SMILES string of the molecule is COc1cc(NCc2cc(C(=O)O)co2)c(Br)cc1Br. The zero-order chi connectivity index (χ0) is 14.7. The second-order valence-electron chi connectivity index (χ2n) is 3.93. The van der Waals surface area contributed by atoms with Gasteiger partial charge in [-0.3, -0.25) is 0 Å². The predicted octanol–water partition coefficient (Wildman–Crippen LogP) is 4.12. The van der Waals surface area contributed by atoms with Gasteiger partial charge < -0.3 is 19.6 Å². The molecule has 2 aromatic rings. The Balaban J connectivity index is 2.12. The van der Waals surface area contributed by atoms with Crippen molar-refractivity contribution in [2.75, 3.05) is 12.4 Å². The molecule has 2 N–H and O–H groups in total. The molecule has 0 saturated carbocycles. The Morgan fingerprint density at radius 3 is 2.70 bits per heavy atom. The number of halogens is 2. The van der Waals surface area contributed by atoms with Crippen LogP contribution in [0, 0.1) is 0 Å². The highest BCUT2D eigenvalue weighted by molar-refractivity contribution is 9.11. The highest BCUT2D eigenvalue weighted by atomic mass is 79.9. The van der Waals surface area contributed by atoms with Crippen LogP contribution in [0.5, 0.6) is 5.75 Å². The van der Waals surface area contributed by atoms with E-state index in [4.69, 9.17) is 14.3 Å². The molecule has 1 aromatic carbocycles. The molecule has 0 saturated heterocycles. The van der Waals surface area contributed by atoms with Gasteiger partial charge in [0, 0.05) is 10.5 Å². The number of rotatable bonds is 5. The zero-order valence-corrected chi connectivity index (χ0v) is 13.6. The van der Waals surface area contributed by atoms with E-state index in [0.717, 1.165) is 14.6 Å². The van der Waals surface area contributed by atoms with Crippen LogP contribution in [0.1, 0.15) is 16.1 Å². The van der Waals surface area contributed by atoms with Crippen molar-refractivity contribution in [2.24, 2.45) is 0 Å². The molecule has 0 aliphatic rings. The van der Waals surface area contributed by atoms with Gasteiger partial charge in [0.05, 0.1) is 29.4 Å². The van der Waals surface area contributed by atoms with Gasteiger partial charge >= 0.3 is 5.97 Å². The molecule has 20 heavy (non-hydrogen) atoms. The number of ether oxygens (including phenoxy) is 1. The van der Waals surface area contributed by atoms with E-state index in [1.807, 2.05) is 12.1 Å². The molecular formula is C13H11Br2NO4. The number of benzene rings is 1. The Bertz CT molecular complexity index is 639. The number of hydrogen-bond donors (Lipinski definition) is 2. The lowest BCUT2D eigenvalue weighted by molar-refractivity contribution is 0.0696. The van der Waals surface area contributed by atoms with Gasteiger partial charge in [-0.15, -0.1) is 0 Å². The van der Waals surface area contributed by atoms with E-state index in [9.17, 15) is 4.79 Å². The summed E-state index contributed by atoms with van der Waals surface area (Å²) < 4.78 is 12.1.